The summed E-state index contributed by atoms with van der Waals surface area (Å²) in [5.41, 5.74) is 0.627. The van der Waals surface area contributed by atoms with Crippen LogP contribution in [0.15, 0.2) is 41.7 Å². The van der Waals surface area contributed by atoms with Crippen molar-refractivity contribution in [2.75, 3.05) is 7.11 Å². The fourth-order valence-electron chi connectivity index (χ4n) is 3.96. The van der Waals surface area contributed by atoms with Gasteiger partial charge in [0.05, 0.1) is 12.5 Å². The fraction of sp³-hybridized carbons (Fsp3) is 0.421. The van der Waals surface area contributed by atoms with E-state index in [0.29, 0.717) is 23.3 Å². The molecule has 0 amide bonds. The van der Waals surface area contributed by atoms with E-state index in [2.05, 4.69) is 0 Å². The van der Waals surface area contributed by atoms with Crippen molar-refractivity contribution < 1.29 is 19.7 Å². The van der Waals surface area contributed by atoms with Crippen LogP contribution in [0.25, 0.3) is 0 Å². The predicted molar refractivity (Wildman–Crippen MR) is 87.5 cm³/mol. The Morgan fingerprint density at radius 1 is 1.30 bits per heavy atom. The number of allylic oxidation sites excluding steroid dienone is 3. The van der Waals surface area contributed by atoms with Gasteiger partial charge in [0.15, 0.2) is 5.78 Å². The van der Waals surface area contributed by atoms with E-state index in [4.69, 9.17) is 4.74 Å². The zero-order valence-electron chi connectivity index (χ0n) is 13.9. The molecule has 0 aromatic heterocycles. The van der Waals surface area contributed by atoms with Gasteiger partial charge in [-0.1, -0.05) is 19.1 Å². The van der Waals surface area contributed by atoms with Crippen LogP contribution in [0.1, 0.15) is 44.4 Å². The Morgan fingerprint density at radius 3 is 2.61 bits per heavy atom. The molecule has 0 radical (unpaired) electrons. The van der Waals surface area contributed by atoms with Gasteiger partial charge in [-0.15, -0.1) is 0 Å². The summed E-state index contributed by atoms with van der Waals surface area (Å²) in [6.45, 7) is 5.73. The van der Waals surface area contributed by atoms with E-state index in [1.165, 1.54) is 0 Å². The highest BCUT2D eigenvalue weighted by atomic mass is 16.5. The fourth-order valence-corrected chi connectivity index (χ4v) is 3.96. The third-order valence-electron chi connectivity index (χ3n) is 5.52. The average molecular weight is 314 g/mol. The Bertz CT molecular complexity index is 746. The van der Waals surface area contributed by atoms with Gasteiger partial charge in [0.2, 0.25) is 0 Å². The highest BCUT2D eigenvalue weighted by molar-refractivity contribution is 6.00. The number of benzene rings is 1. The lowest BCUT2D eigenvalue weighted by Gasteiger charge is -2.47. The van der Waals surface area contributed by atoms with E-state index in [9.17, 15) is 15.0 Å². The van der Waals surface area contributed by atoms with E-state index < -0.39 is 16.9 Å². The molecule has 0 heterocycles. The van der Waals surface area contributed by atoms with Gasteiger partial charge in [-0.25, -0.2) is 0 Å². The van der Waals surface area contributed by atoms with Crippen molar-refractivity contribution in [3.05, 3.63) is 52.8 Å². The van der Waals surface area contributed by atoms with Gasteiger partial charge in [0.25, 0.3) is 0 Å². The molecule has 1 aromatic rings. The van der Waals surface area contributed by atoms with Crippen molar-refractivity contribution in [1.29, 1.82) is 0 Å². The summed E-state index contributed by atoms with van der Waals surface area (Å²) in [6, 6.07) is 5.41. The van der Waals surface area contributed by atoms with Crippen molar-refractivity contribution >= 4 is 5.78 Å². The number of methoxy groups -OCH3 is 1. The van der Waals surface area contributed by atoms with Gasteiger partial charge in [0.1, 0.15) is 17.6 Å². The number of rotatable bonds is 2. The van der Waals surface area contributed by atoms with Gasteiger partial charge >= 0.3 is 0 Å². The Balaban J connectivity index is 2.36. The number of ether oxygens (including phenoxy) is 1. The first kappa shape index (κ1) is 15.8. The summed E-state index contributed by atoms with van der Waals surface area (Å²) >= 11 is 0. The Kier molecular flexibility index (Phi) is 3.41. The molecule has 0 aliphatic heterocycles. The van der Waals surface area contributed by atoms with E-state index >= 15 is 0 Å². The molecule has 2 aliphatic carbocycles. The third-order valence-corrected chi connectivity index (χ3v) is 5.52. The molecule has 3 rings (SSSR count). The number of fused-ring (bicyclic) bond motifs is 3. The van der Waals surface area contributed by atoms with Crippen molar-refractivity contribution in [3.8, 4) is 5.75 Å². The van der Waals surface area contributed by atoms with Crippen LogP contribution in [0, 0.1) is 5.41 Å². The van der Waals surface area contributed by atoms with Crippen LogP contribution in [0.3, 0.4) is 0 Å². The normalized spacial score (nSPS) is 32.6. The first-order valence-corrected chi connectivity index (χ1v) is 7.84. The van der Waals surface area contributed by atoms with Gasteiger partial charge in [0, 0.05) is 5.41 Å². The van der Waals surface area contributed by atoms with Gasteiger partial charge in [-0.05, 0) is 55.2 Å². The number of aliphatic hydroxyl groups excluding tert-OH is 2. The number of ketones is 1. The minimum absolute atomic E-state index is 0.0439. The Hall–Kier alpha value is -2.07. The molecule has 122 valence electrons. The number of hydrogen-bond donors (Lipinski definition) is 2. The summed E-state index contributed by atoms with van der Waals surface area (Å²) in [6.07, 6.45) is 2.85. The van der Waals surface area contributed by atoms with Crippen LogP contribution in [0.2, 0.25) is 0 Å². The number of hydrogen-bond acceptors (Lipinski definition) is 4. The molecule has 1 aromatic carbocycles. The maximum absolute atomic E-state index is 12.5. The molecule has 1 unspecified atom stereocenters. The van der Waals surface area contributed by atoms with Crippen LogP contribution in [-0.4, -0.2) is 23.1 Å². The largest absolute Gasteiger partial charge is 0.509 e. The van der Waals surface area contributed by atoms with E-state index in [0.717, 1.165) is 5.56 Å². The summed E-state index contributed by atoms with van der Waals surface area (Å²) in [5, 5.41) is 21.3. The van der Waals surface area contributed by atoms with Crippen molar-refractivity contribution in [2.24, 2.45) is 5.41 Å². The van der Waals surface area contributed by atoms with E-state index in [1.807, 2.05) is 32.9 Å². The van der Waals surface area contributed by atoms with Crippen LogP contribution >= 0.6 is 0 Å². The van der Waals surface area contributed by atoms with Crippen LogP contribution < -0.4 is 4.74 Å². The summed E-state index contributed by atoms with van der Waals surface area (Å²) in [5.74, 6) is 0.534. The summed E-state index contributed by atoms with van der Waals surface area (Å²) in [7, 11) is 1.59. The topological polar surface area (TPSA) is 66.8 Å². The Labute approximate surface area is 136 Å². The van der Waals surface area contributed by atoms with Gasteiger partial charge in [-0.2, -0.15) is 0 Å². The molecule has 0 spiro atoms. The maximum Gasteiger partial charge on any atom is 0.165 e. The van der Waals surface area contributed by atoms with E-state index in [1.54, 1.807) is 25.3 Å². The molecule has 2 aliphatic rings. The first-order chi connectivity index (χ1) is 10.8. The second-order valence-corrected chi connectivity index (χ2v) is 6.70. The first-order valence-electron chi connectivity index (χ1n) is 7.84. The SMILES string of the molecule is CC[C@]1(C)C(=O)C=C[C@@]2(C)C1=C(O)C(O)c1ccc(OC)cc12. The summed E-state index contributed by atoms with van der Waals surface area (Å²) < 4.78 is 5.32. The molecule has 0 saturated carbocycles. The zero-order chi connectivity index (χ0) is 17.0. The van der Waals surface area contributed by atoms with Crippen LogP contribution in [0.4, 0.5) is 0 Å². The van der Waals surface area contributed by atoms with Crippen molar-refractivity contribution in [3.63, 3.8) is 0 Å². The molecule has 0 fully saturated rings. The molecule has 4 nitrogen and oxygen atoms in total. The van der Waals surface area contributed by atoms with Gasteiger partial charge < -0.3 is 14.9 Å². The molecular weight excluding hydrogens is 292 g/mol. The molecule has 0 saturated heterocycles. The second kappa shape index (κ2) is 4.96. The smallest absolute Gasteiger partial charge is 0.165 e. The lowest BCUT2D eigenvalue weighted by Crippen LogP contribution is -2.45. The standard InChI is InChI=1S/C19H22O4/c1-5-18(2)14(20)8-9-19(3)13-10-11(23-4)6-7-12(13)15(21)16(22)17(18)19/h6-10,15,21-22H,5H2,1-4H3/t15?,18-,19-/m1/s1. The minimum Gasteiger partial charge on any atom is -0.509 e. The minimum atomic E-state index is -1.12. The molecule has 4 heteroatoms. The number of carbonyl (C=O) groups excluding carboxylic acids is 1. The predicted octanol–water partition coefficient (Wildman–Crippen LogP) is 3.37. The van der Waals surface area contributed by atoms with Crippen LogP contribution in [0.5, 0.6) is 5.75 Å². The second-order valence-electron chi connectivity index (χ2n) is 6.70. The molecular formula is C19H22O4. The number of carbonyl (C=O) groups is 1. The average Bonchev–Trinajstić information content (AvgIpc) is 2.56. The van der Waals surface area contributed by atoms with Crippen LogP contribution in [-0.2, 0) is 10.2 Å². The lowest BCUT2D eigenvalue weighted by molar-refractivity contribution is -0.122. The van der Waals surface area contributed by atoms with Crippen molar-refractivity contribution in [1.82, 2.24) is 0 Å². The molecule has 0 bridgehead atoms. The molecule has 3 atom stereocenters. The Morgan fingerprint density at radius 2 is 2.00 bits per heavy atom. The maximum atomic E-state index is 12.5. The monoisotopic (exact) mass is 314 g/mol. The molecule has 2 N–H and O–H groups in total. The lowest BCUT2D eigenvalue weighted by atomic mass is 9.55. The zero-order valence-corrected chi connectivity index (χ0v) is 13.9. The highest BCUT2D eigenvalue weighted by Crippen LogP contribution is 2.56. The quantitative estimate of drug-likeness (QED) is 0.878. The third kappa shape index (κ3) is 1.91. The summed E-state index contributed by atoms with van der Waals surface area (Å²) in [4.78, 5) is 12.5. The molecule has 23 heavy (non-hydrogen) atoms. The van der Waals surface area contributed by atoms with E-state index in [-0.39, 0.29) is 11.5 Å². The number of aliphatic hydroxyl groups is 2. The van der Waals surface area contributed by atoms with Gasteiger partial charge in [-0.3, -0.25) is 4.79 Å². The van der Waals surface area contributed by atoms with Crippen molar-refractivity contribution in [2.45, 2.75) is 38.7 Å². The highest BCUT2D eigenvalue weighted by Gasteiger charge is 2.52.